The lowest BCUT2D eigenvalue weighted by molar-refractivity contribution is 0.0592. The Labute approximate surface area is 104 Å². The Bertz CT molecular complexity index is 560. The van der Waals surface area contributed by atoms with E-state index in [0.29, 0.717) is 5.69 Å². The Morgan fingerprint density at radius 1 is 1.17 bits per heavy atom. The number of benzene rings is 1. The van der Waals surface area contributed by atoms with E-state index < -0.39 is 5.97 Å². The fourth-order valence-corrected chi connectivity index (χ4v) is 1.50. The fraction of sp³-hybridized carbons (Fsp3) is 0.250. The van der Waals surface area contributed by atoms with Crippen LogP contribution >= 0.6 is 0 Å². The highest BCUT2D eigenvalue weighted by Gasteiger charge is 2.16. The summed E-state index contributed by atoms with van der Waals surface area (Å²) in [6.07, 6.45) is 0. The molecule has 0 aliphatic rings. The van der Waals surface area contributed by atoms with Crippen LogP contribution in [0.2, 0.25) is 0 Å². The first kappa shape index (κ1) is 12.1. The minimum atomic E-state index is -0.493. The summed E-state index contributed by atoms with van der Waals surface area (Å²) in [7, 11) is 2.91. The molecule has 1 aromatic carbocycles. The monoisotopic (exact) mass is 247 g/mol. The third-order valence-corrected chi connectivity index (χ3v) is 2.46. The van der Waals surface area contributed by atoms with Crippen LogP contribution in [0.5, 0.6) is 5.75 Å². The molecular weight excluding hydrogens is 234 g/mol. The number of nitrogens with zero attached hydrogens (tertiary/aromatic N) is 3. The van der Waals surface area contributed by atoms with E-state index in [9.17, 15) is 4.79 Å². The predicted molar refractivity (Wildman–Crippen MR) is 64.0 cm³/mol. The van der Waals surface area contributed by atoms with E-state index in [1.54, 1.807) is 38.3 Å². The third kappa shape index (κ3) is 2.17. The van der Waals surface area contributed by atoms with Gasteiger partial charge >= 0.3 is 5.97 Å². The standard InChI is InChI=1S/C12H13N3O3/c1-8-11(12(16)18-3)14-15(13-8)9-4-6-10(17-2)7-5-9/h4-7H,1-3H3. The number of ether oxygens (including phenoxy) is 2. The molecule has 0 atom stereocenters. The molecule has 1 aromatic heterocycles. The number of rotatable bonds is 3. The molecule has 0 fully saturated rings. The number of hydrogen-bond acceptors (Lipinski definition) is 5. The van der Waals surface area contributed by atoms with Crippen LogP contribution in [0.1, 0.15) is 16.2 Å². The van der Waals surface area contributed by atoms with E-state index in [1.165, 1.54) is 11.9 Å². The molecule has 1 heterocycles. The molecular formula is C12H13N3O3. The van der Waals surface area contributed by atoms with Gasteiger partial charge in [-0.3, -0.25) is 0 Å². The molecule has 0 amide bonds. The van der Waals surface area contributed by atoms with E-state index >= 15 is 0 Å². The number of hydrogen-bond donors (Lipinski definition) is 0. The van der Waals surface area contributed by atoms with Crippen molar-refractivity contribution >= 4 is 5.97 Å². The number of aromatic nitrogens is 3. The zero-order valence-electron chi connectivity index (χ0n) is 10.4. The first-order chi connectivity index (χ1) is 8.65. The minimum absolute atomic E-state index is 0.216. The van der Waals surface area contributed by atoms with E-state index in [0.717, 1.165) is 11.4 Å². The summed E-state index contributed by atoms with van der Waals surface area (Å²) in [6.45, 7) is 1.71. The fourth-order valence-electron chi connectivity index (χ4n) is 1.50. The van der Waals surface area contributed by atoms with Crippen LogP contribution in [0.15, 0.2) is 24.3 Å². The van der Waals surface area contributed by atoms with Crippen LogP contribution in [0.25, 0.3) is 5.69 Å². The second-order valence-electron chi connectivity index (χ2n) is 3.61. The van der Waals surface area contributed by atoms with Gasteiger partial charge in [-0.05, 0) is 31.2 Å². The highest BCUT2D eigenvalue weighted by Crippen LogP contribution is 2.14. The minimum Gasteiger partial charge on any atom is -0.497 e. The van der Waals surface area contributed by atoms with Crippen molar-refractivity contribution in [1.29, 1.82) is 0 Å². The lowest BCUT2D eigenvalue weighted by atomic mass is 10.3. The molecule has 0 radical (unpaired) electrons. The van der Waals surface area contributed by atoms with E-state index in [-0.39, 0.29) is 5.69 Å². The normalized spacial score (nSPS) is 10.2. The first-order valence-corrected chi connectivity index (χ1v) is 5.32. The largest absolute Gasteiger partial charge is 0.497 e. The molecule has 0 N–H and O–H groups in total. The predicted octanol–water partition coefficient (Wildman–Crippen LogP) is 1.37. The van der Waals surface area contributed by atoms with Gasteiger partial charge in [0.25, 0.3) is 0 Å². The second kappa shape index (κ2) is 4.87. The maximum atomic E-state index is 11.4. The maximum Gasteiger partial charge on any atom is 0.360 e. The molecule has 0 aliphatic carbocycles. The van der Waals surface area contributed by atoms with Crippen molar-refractivity contribution in [2.45, 2.75) is 6.92 Å². The molecule has 0 spiro atoms. The van der Waals surface area contributed by atoms with Crippen LogP contribution in [0, 0.1) is 6.92 Å². The van der Waals surface area contributed by atoms with Crippen molar-refractivity contribution in [3.8, 4) is 11.4 Å². The first-order valence-electron chi connectivity index (χ1n) is 5.32. The smallest absolute Gasteiger partial charge is 0.360 e. The van der Waals surface area contributed by atoms with Gasteiger partial charge in [-0.15, -0.1) is 5.10 Å². The molecule has 6 heteroatoms. The summed E-state index contributed by atoms with van der Waals surface area (Å²) in [5, 5.41) is 8.27. The quantitative estimate of drug-likeness (QED) is 0.766. The molecule has 0 bridgehead atoms. The third-order valence-electron chi connectivity index (χ3n) is 2.46. The Kier molecular flexibility index (Phi) is 3.27. The van der Waals surface area contributed by atoms with Crippen molar-refractivity contribution in [3.63, 3.8) is 0 Å². The van der Waals surface area contributed by atoms with Gasteiger partial charge in [-0.25, -0.2) is 4.79 Å². The molecule has 2 rings (SSSR count). The topological polar surface area (TPSA) is 66.2 Å². The second-order valence-corrected chi connectivity index (χ2v) is 3.61. The molecule has 6 nitrogen and oxygen atoms in total. The number of methoxy groups -OCH3 is 2. The Morgan fingerprint density at radius 3 is 2.39 bits per heavy atom. The Hall–Kier alpha value is -2.37. The van der Waals surface area contributed by atoms with Gasteiger partial charge in [-0.2, -0.15) is 9.90 Å². The van der Waals surface area contributed by atoms with Crippen molar-refractivity contribution in [1.82, 2.24) is 15.0 Å². The maximum absolute atomic E-state index is 11.4. The molecule has 94 valence electrons. The van der Waals surface area contributed by atoms with Gasteiger partial charge in [0.15, 0.2) is 5.69 Å². The molecule has 18 heavy (non-hydrogen) atoms. The van der Waals surface area contributed by atoms with E-state index in [2.05, 4.69) is 14.9 Å². The Balaban J connectivity index is 2.36. The number of carbonyl (C=O) groups excluding carboxylic acids is 1. The lowest BCUT2D eigenvalue weighted by Gasteiger charge is -2.01. The van der Waals surface area contributed by atoms with Crippen LogP contribution in [0.4, 0.5) is 0 Å². The summed E-state index contributed by atoms with van der Waals surface area (Å²) in [5.41, 5.74) is 1.49. The number of carbonyl (C=O) groups is 1. The summed E-state index contributed by atoms with van der Waals surface area (Å²) in [4.78, 5) is 12.8. The van der Waals surface area contributed by atoms with E-state index in [1.807, 2.05) is 0 Å². The molecule has 2 aromatic rings. The van der Waals surface area contributed by atoms with Gasteiger partial charge < -0.3 is 9.47 Å². The summed E-state index contributed by atoms with van der Waals surface area (Å²) < 4.78 is 9.69. The summed E-state index contributed by atoms with van der Waals surface area (Å²) in [5.74, 6) is 0.253. The Morgan fingerprint density at radius 2 is 1.83 bits per heavy atom. The molecule has 0 aliphatic heterocycles. The van der Waals surface area contributed by atoms with Gasteiger partial charge in [0.05, 0.1) is 25.6 Å². The number of aryl methyl sites for hydroxylation is 1. The van der Waals surface area contributed by atoms with Crippen LogP contribution in [-0.2, 0) is 4.74 Å². The van der Waals surface area contributed by atoms with Gasteiger partial charge in [0.1, 0.15) is 5.75 Å². The SMILES string of the molecule is COC(=O)c1nn(-c2ccc(OC)cc2)nc1C. The van der Waals surface area contributed by atoms with Gasteiger partial charge in [0.2, 0.25) is 0 Å². The molecule has 0 saturated heterocycles. The van der Waals surface area contributed by atoms with Crippen LogP contribution in [0.3, 0.4) is 0 Å². The molecule has 0 unspecified atom stereocenters. The van der Waals surface area contributed by atoms with Crippen LogP contribution < -0.4 is 4.74 Å². The van der Waals surface area contributed by atoms with Crippen molar-refractivity contribution in [2.24, 2.45) is 0 Å². The zero-order chi connectivity index (χ0) is 13.1. The summed E-state index contributed by atoms with van der Waals surface area (Å²) in [6, 6.07) is 7.20. The summed E-state index contributed by atoms with van der Waals surface area (Å²) >= 11 is 0. The van der Waals surface area contributed by atoms with E-state index in [4.69, 9.17) is 4.74 Å². The average Bonchev–Trinajstić information content (AvgIpc) is 2.80. The highest BCUT2D eigenvalue weighted by molar-refractivity contribution is 5.88. The highest BCUT2D eigenvalue weighted by atomic mass is 16.5. The number of esters is 1. The van der Waals surface area contributed by atoms with Crippen LogP contribution in [-0.4, -0.2) is 35.2 Å². The van der Waals surface area contributed by atoms with Gasteiger partial charge in [0, 0.05) is 0 Å². The molecule has 0 saturated carbocycles. The average molecular weight is 247 g/mol. The van der Waals surface area contributed by atoms with Crippen molar-refractivity contribution in [3.05, 3.63) is 35.7 Å². The lowest BCUT2D eigenvalue weighted by Crippen LogP contribution is -2.05. The van der Waals surface area contributed by atoms with Crippen molar-refractivity contribution < 1.29 is 14.3 Å². The zero-order valence-corrected chi connectivity index (χ0v) is 10.4. The van der Waals surface area contributed by atoms with Crippen molar-refractivity contribution in [2.75, 3.05) is 14.2 Å². The van der Waals surface area contributed by atoms with Gasteiger partial charge in [-0.1, -0.05) is 0 Å².